The van der Waals surface area contributed by atoms with Gasteiger partial charge in [0, 0.05) is 23.5 Å². The molecule has 5 nitrogen and oxygen atoms in total. The molecular formula is C15H15ClN4O. The van der Waals surface area contributed by atoms with Crippen molar-refractivity contribution in [3.05, 3.63) is 63.7 Å². The Kier molecular flexibility index (Phi) is 3.66. The number of nitrogens with one attached hydrogen (secondary N) is 1. The number of pyridine rings is 1. The first-order valence-corrected chi connectivity index (χ1v) is 7.07. The molecule has 0 radical (unpaired) electrons. The molecule has 0 aliphatic heterocycles. The van der Waals surface area contributed by atoms with Gasteiger partial charge in [0.05, 0.1) is 6.54 Å². The maximum absolute atomic E-state index is 12.1. The van der Waals surface area contributed by atoms with Crippen LogP contribution in [-0.4, -0.2) is 20.7 Å². The highest BCUT2D eigenvalue weighted by molar-refractivity contribution is 6.30. The van der Waals surface area contributed by atoms with Gasteiger partial charge in [0.15, 0.2) is 5.65 Å². The third-order valence-electron chi connectivity index (χ3n) is 3.33. The Hall–Kier alpha value is -2.27. The first-order valence-electron chi connectivity index (χ1n) is 6.69. The van der Waals surface area contributed by atoms with Crippen molar-refractivity contribution in [1.82, 2.24) is 14.2 Å². The highest BCUT2D eigenvalue weighted by atomic mass is 35.5. The van der Waals surface area contributed by atoms with Crippen LogP contribution < -0.4 is 11.0 Å². The molecule has 3 rings (SSSR count). The Morgan fingerprint density at radius 2 is 2.14 bits per heavy atom. The lowest BCUT2D eigenvalue weighted by Crippen LogP contribution is -2.24. The van der Waals surface area contributed by atoms with Crippen LogP contribution in [0.2, 0.25) is 5.02 Å². The summed E-state index contributed by atoms with van der Waals surface area (Å²) in [5, 5.41) is 8.25. The second-order valence-electron chi connectivity index (χ2n) is 4.82. The average molecular weight is 303 g/mol. The fourth-order valence-corrected chi connectivity index (χ4v) is 2.37. The molecule has 1 aromatic carbocycles. The minimum Gasteiger partial charge on any atom is -0.383 e. The minimum atomic E-state index is -0.129. The summed E-state index contributed by atoms with van der Waals surface area (Å²) in [6, 6.07) is 11.2. The number of aryl methyl sites for hydroxylation is 1. The van der Waals surface area contributed by atoms with E-state index in [1.54, 1.807) is 6.20 Å². The van der Waals surface area contributed by atoms with Crippen LogP contribution >= 0.6 is 11.6 Å². The molecule has 0 saturated carbocycles. The molecule has 0 aliphatic rings. The van der Waals surface area contributed by atoms with E-state index in [1.165, 1.54) is 9.08 Å². The molecule has 0 amide bonds. The van der Waals surface area contributed by atoms with Crippen LogP contribution in [0.25, 0.3) is 5.65 Å². The molecule has 0 aliphatic carbocycles. The predicted molar refractivity (Wildman–Crippen MR) is 84.1 cm³/mol. The molecule has 0 atom stereocenters. The molecule has 0 spiro atoms. The van der Waals surface area contributed by atoms with E-state index < -0.39 is 0 Å². The van der Waals surface area contributed by atoms with Gasteiger partial charge in [-0.05, 0) is 36.8 Å². The van der Waals surface area contributed by atoms with E-state index >= 15 is 0 Å². The summed E-state index contributed by atoms with van der Waals surface area (Å²) in [6.45, 7) is 3.10. The highest BCUT2D eigenvalue weighted by Crippen LogP contribution is 2.19. The number of nitrogens with zero attached hydrogens (tertiary/aromatic N) is 3. The van der Waals surface area contributed by atoms with E-state index in [-0.39, 0.29) is 5.69 Å². The Bertz CT molecular complexity index is 837. The van der Waals surface area contributed by atoms with Crippen molar-refractivity contribution in [3.8, 4) is 0 Å². The van der Waals surface area contributed by atoms with E-state index in [0.717, 1.165) is 11.3 Å². The highest BCUT2D eigenvalue weighted by Gasteiger charge is 2.05. The lowest BCUT2D eigenvalue weighted by Gasteiger charge is -2.09. The van der Waals surface area contributed by atoms with E-state index in [9.17, 15) is 4.79 Å². The zero-order valence-electron chi connectivity index (χ0n) is 11.6. The van der Waals surface area contributed by atoms with Crippen LogP contribution in [0.3, 0.4) is 0 Å². The standard InChI is InChI=1S/C15H15ClN4O/c1-11-5-6-12(16)10-13(11)17-7-9-20-15(21)19-8-3-2-4-14(19)18-20/h2-6,8,10,17H,7,9H2,1H3. The Morgan fingerprint density at radius 1 is 1.29 bits per heavy atom. The maximum atomic E-state index is 12.1. The lowest BCUT2D eigenvalue weighted by atomic mass is 10.2. The Balaban J connectivity index is 1.74. The molecule has 6 heteroatoms. The SMILES string of the molecule is Cc1ccc(Cl)cc1NCCn1nc2ccccn2c1=O. The maximum Gasteiger partial charge on any atom is 0.350 e. The number of rotatable bonds is 4. The third kappa shape index (κ3) is 2.78. The van der Waals surface area contributed by atoms with Gasteiger partial charge in [-0.25, -0.2) is 9.48 Å². The summed E-state index contributed by atoms with van der Waals surface area (Å²) in [5.41, 5.74) is 2.61. The number of benzene rings is 1. The number of hydrogen-bond acceptors (Lipinski definition) is 3. The van der Waals surface area contributed by atoms with E-state index in [2.05, 4.69) is 10.4 Å². The topological polar surface area (TPSA) is 51.3 Å². The fraction of sp³-hybridized carbons (Fsp3) is 0.200. The molecule has 0 saturated heterocycles. The minimum absolute atomic E-state index is 0.129. The van der Waals surface area contributed by atoms with Gasteiger partial charge in [-0.3, -0.25) is 4.40 Å². The zero-order valence-corrected chi connectivity index (χ0v) is 12.3. The Labute approximate surface area is 126 Å². The van der Waals surface area contributed by atoms with Crippen LogP contribution in [-0.2, 0) is 6.54 Å². The molecule has 0 unspecified atom stereocenters. The number of halogens is 1. The summed E-state index contributed by atoms with van der Waals surface area (Å²) >= 11 is 5.98. The zero-order chi connectivity index (χ0) is 14.8. The van der Waals surface area contributed by atoms with Crippen LogP contribution in [0.1, 0.15) is 5.56 Å². The molecule has 3 aromatic rings. The van der Waals surface area contributed by atoms with Crippen molar-refractivity contribution < 1.29 is 0 Å². The van der Waals surface area contributed by atoms with Gasteiger partial charge in [0.25, 0.3) is 0 Å². The number of fused-ring (bicyclic) bond motifs is 1. The average Bonchev–Trinajstić information content (AvgIpc) is 2.80. The molecular weight excluding hydrogens is 288 g/mol. The first-order chi connectivity index (χ1) is 10.1. The number of aromatic nitrogens is 3. The normalized spacial score (nSPS) is 11.0. The summed E-state index contributed by atoms with van der Waals surface area (Å²) < 4.78 is 2.99. The summed E-state index contributed by atoms with van der Waals surface area (Å²) in [7, 11) is 0. The lowest BCUT2D eigenvalue weighted by molar-refractivity contribution is 0.614. The van der Waals surface area contributed by atoms with Crippen LogP contribution in [0.4, 0.5) is 5.69 Å². The molecule has 1 N–H and O–H groups in total. The second-order valence-corrected chi connectivity index (χ2v) is 5.26. The van der Waals surface area contributed by atoms with Gasteiger partial charge in [-0.1, -0.05) is 23.7 Å². The third-order valence-corrected chi connectivity index (χ3v) is 3.56. The summed E-state index contributed by atoms with van der Waals surface area (Å²) in [5.74, 6) is 0. The molecule has 21 heavy (non-hydrogen) atoms. The molecule has 2 aromatic heterocycles. The van der Waals surface area contributed by atoms with Crippen molar-refractivity contribution >= 4 is 22.9 Å². The smallest absolute Gasteiger partial charge is 0.350 e. The fourth-order valence-electron chi connectivity index (χ4n) is 2.19. The van der Waals surface area contributed by atoms with Gasteiger partial charge in [0.2, 0.25) is 0 Å². The monoisotopic (exact) mass is 302 g/mol. The van der Waals surface area contributed by atoms with Crippen LogP contribution in [0.5, 0.6) is 0 Å². The largest absolute Gasteiger partial charge is 0.383 e. The number of anilines is 1. The molecule has 0 fully saturated rings. The Morgan fingerprint density at radius 3 is 2.95 bits per heavy atom. The molecule has 108 valence electrons. The van der Waals surface area contributed by atoms with Gasteiger partial charge in [-0.2, -0.15) is 0 Å². The van der Waals surface area contributed by atoms with Crippen molar-refractivity contribution in [2.45, 2.75) is 13.5 Å². The van der Waals surface area contributed by atoms with Crippen molar-refractivity contribution in [2.24, 2.45) is 0 Å². The predicted octanol–water partition coefficient (Wildman–Crippen LogP) is 2.57. The molecule has 0 bridgehead atoms. The van der Waals surface area contributed by atoms with Gasteiger partial charge in [-0.15, -0.1) is 5.10 Å². The quantitative estimate of drug-likeness (QED) is 0.806. The van der Waals surface area contributed by atoms with Crippen molar-refractivity contribution in [1.29, 1.82) is 0 Å². The summed E-state index contributed by atoms with van der Waals surface area (Å²) in [4.78, 5) is 12.1. The second kappa shape index (κ2) is 5.61. The van der Waals surface area contributed by atoms with Crippen LogP contribution in [0, 0.1) is 6.92 Å². The van der Waals surface area contributed by atoms with E-state index in [4.69, 9.17) is 11.6 Å². The van der Waals surface area contributed by atoms with Crippen LogP contribution in [0.15, 0.2) is 47.4 Å². The van der Waals surface area contributed by atoms with E-state index in [1.807, 2.05) is 43.3 Å². The summed E-state index contributed by atoms with van der Waals surface area (Å²) in [6.07, 6.45) is 1.72. The van der Waals surface area contributed by atoms with Crippen molar-refractivity contribution in [2.75, 3.05) is 11.9 Å². The van der Waals surface area contributed by atoms with Crippen molar-refractivity contribution in [3.63, 3.8) is 0 Å². The van der Waals surface area contributed by atoms with Gasteiger partial charge < -0.3 is 5.32 Å². The van der Waals surface area contributed by atoms with Gasteiger partial charge in [0.1, 0.15) is 0 Å². The van der Waals surface area contributed by atoms with E-state index in [0.29, 0.717) is 23.8 Å². The first kappa shape index (κ1) is 13.7. The molecule has 2 heterocycles. The van der Waals surface area contributed by atoms with Gasteiger partial charge >= 0.3 is 5.69 Å². The number of hydrogen-bond donors (Lipinski definition) is 1.